The molecule has 4 aromatic heterocycles. The lowest BCUT2D eigenvalue weighted by molar-refractivity contribution is 1.18. The first-order valence-corrected chi connectivity index (χ1v) is 15.3. The molecule has 0 unspecified atom stereocenters. The first-order valence-electron chi connectivity index (χ1n) is 15.3. The number of nitrogens with zero attached hydrogens (tertiary/aromatic N) is 7. The lowest BCUT2D eigenvalue weighted by Crippen LogP contribution is -1.96. The molecule has 0 spiro atoms. The molecule has 0 N–H and O–H groups in total. The number of imidazole rings is 2. The first kappa shape index (κ1) is 25.4. The Hall–Kier alpha value is -6.96. The molecular weight excluding hydrogens is 578 g/mol. The number of fused-ring (bicyclic) bond motifs is 16. The van der Waals surface area contributed by atoms with E-state index < -0.39 is 0 Å². The van der Waals surface area contributed by atoms with Gasteiger partial charge in [0.15, 0.2) is 0 Å². The molecule has 7 nitrogen and oxygen atoms in total. The number of rotatable bonds is 1. The molecule has 0 aliphatic heterocycles. The van der Waals surface area contributed by atoms with Gasteiger partial charge in [0.2, 0.25) is 0 Å². The van der Waals surface area contributed by atoms with E-state index in [2.05, 4.69) is 98.3 Å². The van der Waals surface area contributed by atoms with Crippen LogP contribution in [0.1, 0.15) is 11.1 Å². The van der Waals surface area contributed by atoms with Crippen molar-refractivity contribution in [2.45, 2.75) is 0 Å². The summed E-state index contributed by atoms with van der Waals surface area (Å²) in [4.78, 5) is 10.5. The quantitative estimate of drug-likeness (QED) is 0.188. The molecule has 4 heterocycles. The fourth-order valence-corrected chi connectivity index (χ4v) is 7.30. The average Bonchev–Trinajstić information content (AvgIpc) is 3.79. The van der Waals surface area contributed by atoms with Crippen molar-refractivity contribution < 1.29 is 0 Å². The van der Waals surface area contributed by atoms with Crippen molar-refractivity contribution >= 4 is 77.0 Å². The van der Waals surface area contributed by atoms with Crippen molar-refractivity contribution in [1.82, 2.24) is 23.3 Å². The summed E-state index contributed by atoms with van der Waals surface area (Å²) in [5.74, 6) is 0. The van der Waals surface area contributed by atoms with E-state index in [0.717, 1.165) is 82.7 Å². The van der Waals surface area contributed by atoms with Crippen molar-refractivity contribution in [2.24, 2.45) is 0 Å². The SMILES string of the molecule is N#Cc1ccc2nc3c4ccccc4n4c5cc(C#N)ccc5nc4c4c5c6ccccc6n(-c6ccccc6)c5ccc4n3c2c1. The minimum atomic E-state index is 0.565. The van der Waals surface area contributed by atoms with Crippen LogP contribution in [0, 0.1) is 22.7 Å². The molecule has 0 atom stereocenters. The standard InChI is InChI=1S/C40H21N7/c41-22-24-15-17-30-35(20-24)46-32-13-7-5-11-28(32)39-43-29-16-14-25(23-42)21-36(29)47(39)34-19-18-33-37(38(34)40(46)44-30)27-10-4-6-12-31(27)45(33)26-8-2-1-3-9-26/h1-21H. The van der Waals surface area contributed by atoms with E-state index in [1.807, 2.05) is 54.6 Å². The van der Waals surface area contributed by atoms with E-state index in [1.54, 1.807) is 0 Å². The second-order valence-electron chi connectivity index (χ2n) is 11.7. The highest BCUT2D eigenvalue weighted by Gasteiger charge is 2.21. The Morgan fingerprint density at radius 2 is 1.02 bits per heavy atom. The van der Waals surface area contributed by atoms with Crippen molar-refractivity contribution in [2.75, 3.05) is 0 Å². The number of nitriles is 2. The van der Waals surface area contributed by atoms with Gasteiger partial charge >= 0.3 is 0 Å². The summed E-state index contributed by atoms with van der Waals surface area (Å²) in [6, 6.07) is 47.4. The molecule has 216 valence electrons. The highest BCUT2D eigenvalue weighted by molar-refractivity contribution is 6.25. The Balaban J connectivity index is 1.61. The molecule has 10 rings (SSSR count). The number of aromatic nitrogens is 5. The maximum Gasteiger partial charge on any atom is 0.148 e. The van der Waals surface area contributed by atoms with E-state index in [4.69, 9.17) is 9.97 Å². The van der Waals surface area contributed by atoms with Gasteiger partial charge in [-0.2, -0.15) is 10.5 Å². The lowest BCUT2D eigenvalue weighted by Gasteiger charge is -2.10. The predicted octanol–water partition coefficient (Wildman–Crippen LogP) is 9.00. The topological polar surface area (TPSA) is 87.1 Å². The third kappa shape index (κ3) is 3.37. The van der Waals surface area contributed by atoms with Gasteiger partial charge in [-0.15, -0.1) is 0 Å². The Kier molecular flexibility index (Phi) is 5.01. The molecule has 10 aromatic rings. The largest absolute Gasteiger partial charge is 0.309 e. The Morgan fingerprint density at radius 1 is 0.447 bits per heavy atom. The molecule has 0 aliphatic carbocycles. The minimum Gasteiger partial charge on any atom is -0.309 e. The van der Waals surface area contributed by atoms with Crippen LogP contribution in [-0.4, -0.2) is 23.3 Å². The average molecular weight is 600 g/mol. The van der Waals surface area contributed by atoms with Gasteiger partial charge in [-0.3, -0.25) is 8.80 Å². The summed E-state index contributed by atoms with van der Waals surface area (Å²) in [5, 5.41) is 23.8. The van der Waals surface area contributed by atoms with Crippen molar-refractivity contribution in [3.05, 3.63) is 139 Å². The molecule has 0 saturated carbocycles. The maximum atomic E-state index is 9.90. The van der Waals surface area contributed by atoms with Crippen LogP contribution in [0.2, 0.25) is 0 Å². The van der Waals surface area contributed by atoms with Gasteiger partial charge in [-0.05, 0) is 78.9 Å². The zero-order valence-electron chi connectivity index (χ0n) is 24.8. The molecule has 0 fully saturated rings. The van der Waals surface area contributed by atoms with Crippen LogP contribution < -0.4 is 0 Å². The van der Waals surface area contributed by atoms with E-state index in [-0.39, 0.29) is 0 Å². The molecule has 0 amide bonds. The predicted molar refractivity (Wildman–Crippen MR) is 187 cm³/mol. The third-order valence-corrected chi connectivity index (χ3v) is 9.25. The second-order valence-corrected chi connectivity index (χ2v) is 11.7. The summed E-state index contributed by atoms with van der Waals surface area (Å²) < 4.78 is 6.67. The van der Waals surface area contributed by atoms with Crippen LogP contribution in [0.15, 0.2) is 127 Å². The van der Waals surface area contributed by atoms with E-state index >= 15 is 0 Å². The Labute approximate surface area is 266 Å². The smallest absolute Gasteiger partial charge is 0.148 e. The van der Waals surface area contributed by atoms with Crippen LogP contribution in [-0.2, 0) is 0 Å². The van der Waals surface area contributed by atoms with Gasteiger partial charge in [-0.1, -0.05) is 48.5 Å². The molecule has 6 aromatic carbocycles. The van der Waals surface area contributed by atoms with Crippen molar-refractivity contribution in [1.29, 1.82) is 10.5 Å². The van der Waals surface area contributed by atoms with Gasteiger partial charge in [0.05, 0.1) is 72.8 Å². The lowest BCUT2D eigenvalue weighted by atomic mass is 10.1. The fraction of sp³-hybridized carbons (Fsp3) is 0. The number of para-hydroxylation sites is 3. The number of hydrogen-bond acceptors (Lipinski definition) is 4. The zero-order chi connectivity index (χ0) is 31.2. The molecule has 47 heavy (non-hydrogen) atoms. The van der Waals surface area contributed by atoms with Gasteiger partial charge in [0, 0.05) is 21.8 Å². The van der Waals surface area contributed by atoms with Gasteiger partial charge in [-0.25, -0.2) is 9.97 Å². The van der Waals surface area contributed by atoms with Crippen molar-refractivity contribution in [3.8, 4) is 17.8 Å². The normalized spacial score (nSPS) is 11.8. The van der Waals surface area contributed by atoms with Gasteiger partial charge in [0.1, 0.15) is 11.3 Å². The van der Waals surface area contributed by atoms with E-state index in [9.17, 15) is 10.5 Å². The molecule has 7 heteroatoms. The van der Waals surface area contributed by atoms with Crippen LogP contribution in [0.5, 0.6) is 0 Å². The molecular formula is C40H21N7. The maximum absolute atomic E-state index is 9.90. The Bertz CT molecular complexity index is 3070. The van der Waals surface area contributed by atoms with Crippen LogP contribution in [0.4, 0.5) is 0 Å². The Morgan fingerprint density at radius 3 is 1.72 bits per heavy atom. The second kappa shape index (κ2) is 9.28. The molecule has 0 radical (unpaired) electrons. The van der Waals surface area contributed by atoms with Crippen LogP contribution in [0.25, 0.3) is 82.7 Å². The highest BCUT2D eigenvalue weighted by Crippen LogP contribution is 2.40. The summed E-state index contributed by atoms with van der Waals surface area (Å²) in [6.45, 7) is 0. The summed E-state index contributed by atoms with van der Waals surface area (Å²) >= 11 is 0. The third-order valence-electron chi connectivity index (χ3n) is 9.25. The minimum absolute atomic E-state index is 0.565. The van der Waals surface area contributed by atoms with Gasteiger partial charge in [0.25, 0.3) is 0 Å². The molecule has 0 aliphatic rings. The fourth-order valence-electron chi connectivity index (χ4n) is 7.30. The monoisotopic (exact) mass is 599 g/mol. The summed E-state index contributed by atoms with van der Waals surface area (Å²) in [7, 11) is 0. The van der Waals surface area contributed by atoms with E-state index in [0.29, 0.717) is 11.1 Å². The summed E-state index contributed by atoms with van der Waals surface area (Å²) in [6.07, 6.45) is 0. The van der Waals surface area contributed by atoms with Crippen LogP contribution >= 0.6 is 0 Å². The van der Waals surface area contributed by atoms with Crippen LogP contribution in [0.3, 0.4) is 0 Å². The van der Waals surface area contributed by atoms with Gasteiger partial charge < -0.3 is 4.57 Å². The summed E-state index contributed by atoms with van der Waals surface area (Å²) in [5.41, 5.74) is 11.0. The number of benzene rings is 6. The highest BCUT2D eigenvalue weighted by atomic mass is 15.1. The number of hydrogen-bond donors (Lipinski definition) is 0. The van der Waals surface area contributed by atoms with Crippen molar-refractivity contribution in [3.63, 3.8) is 0 Å². The van der Waals surface area contributed by atoms with E-state index in [1.165, 1.54) is 0 Å². The first-order chi connectivity index (χ1) is 23.2. The zero-order valence-corrected chi connectivity index (χ0v) is 24.8. The molecule has 0 saturated heterocycles. The molecule has 0 bridgehead atoms.